The van der Waals surface area contributed by atoms with Gasteiger partial charge in [-0.2, -0.15) is 0 Å². The molecular weight excluding hydrogens is 142 g/mol. The average Bonchev–Trinajstić information content (AvgIpc) is 2.34. The van der Waals surface area contributed by atoms with Gasteiger partial charge in [0.2, 0.25) is 0 Å². The molecule has 1 aliphatic rings. The maximum Gasteiger partial charge on any atom is 0.404 e. The lowest BCUT2D eigenvalue weighted by Gasteiger charge is -2.07. The number of carbonyl (C=O) groups excluding carboxylic acids is 1. The van der Waals surface area contributed by atoms with Gasteiger partial charge in [0.1, 0.15) is 6.10 Å². The Balaban J connectivity index is 2.31. The third-order valence-electron chi connectivity index (χ3n) is 1.90. The van der Waals surface area contributed by atoms with Gasteiger partial charge >= 0.3 is 6.09 Å². The molecule has 0 bridgehead atoms. The third kappa shape index (κ3) is 2.15. The summed E-state index contributed by atoms with van der Waals surface area (Å²) in [4.78, 5) is 10.3. The summed E-state index contributed by atoms with van der Waals surface area (Å²) in [6.07, 6.45) is 7.00. The molecule has 1 saturated carbocycles. The highest BCUT2D eigenvalue weighted by atomic mass is 16.6. The van der Waals surface area contributed by atoms with Crippen LogP contribution in [-0.4, -0.2) is 12.2 Å². The van der Waals surface area contributed by atoms with E-state index in [0.717, 1.165) is 19.3 Å². The molecule has 1 fully saturated rings. The first-order valence-corrected chi connectivity index (χ1v) is 3.64. The van der Waals surface area contributed by atoms with Crippen molar-refractivity contribution in [1.82, 2.24) is 0 Å². The van der Waals surface area contributed by atoms with Gasteiger partial charge in [-0.15, -0.1) is 12.3 Å². The van der Waals surface area contributed by atoms with Crippen LogP contribution < -0.4 is 5.73 Å². The Morgan fingerprint density at radius 2 is 2.36 bits per heavy atom. The second-order valence-corrected chi connectivity index (χ2v) is 2.74. The van der Waals surface area contributed by atoms with Gasteiger partial charge in [0.15, 0.2) is 0 Å². The fourth-order valence-corrected chi connectivity index (χ4v) is 1.36. The van der Waals surface area contributed by atoms with Crippen LogP contribution in [0.25, 0.3) is 0 Å². The van der Waals surface area contributed by atoms with Gasteiger partial charge in [-0.3, -0.25) is 0 Å². The van der Waals surface area contributed by atoms with Gasteiger partial charge < -0.3 is 10.5 Å². The van der Waals surface area contributed by atoms with E-state index in [1.807, 2.05) is 0 Å². The smallest absolute Gasteiger partial charge is 0.404 e. The van der Waals surface area contributed by atoms with Crippen molar-refractivity contribution in [3.8, 4) is 12.3 Å². The van der Waals surface area contributed by atoms with Crippen molar-refractivity contribution in [1.29, 1.82) is 0 Å². The summed E-state index contributed by atoms with van der Waals surface area (Å²) < 4.78 is 4.79. The zero-order valence-electron chi connectivity index (χ0n) is 6.25. The number of rotatable bonds is 1. The lowest BCUT2D eigenvalue weighted by atomic mass is 10.1. The molecule has 1 amide bonds. The first kappa shape index (κ1) is 7.93. The van der Waals surface area contributed by atoms with Crippen LogP contribution in [0, 0.1) is 18.3 Å². The molecule has 0 aromatic rings. The minimum atomic E-state index is -0.701. The van der Waals surface area contributed by atoms with Crippen LogP contribution in [0.4, 0.5) is 4.79 Å². The minimum Gasteiger partial charge on any atom is -0.446 e. The van der Waals surface area contributed by atoms with Crippen molar-refractivity contribution in [3.05, 3.63) is 0 Å². The maximum atomic E-state index is 10.3. The third-order valence-corrected chi connectivity index (χ3v) is 1.90. The van der Waals surface area contributed by atoms with E-state index < -0.39 is 6.09 Å². The topological polar surface area (TPSA) is 52.3 Å². The Hall–Kier alpha value is -1.17. The van der Waals surface area contributed by atoms with Crippen LogP contribution in [-0.2, 0) is 4.74 Å². The standard InChI is InChI=1S/C8H11NO2/c1-2-6-3-4-7(5-6)11-8(9)10/h1,6-7H,3-5H2,(H2,9,10)/t6-,7+/m1/s1. The molecule has 0 radical (unpaired) electrons. The first-order chi connectivity index (χ1) is 5.22. The number of nitrogens with two attached hydrogens (primary N) is 1. The number of hydrogen-bond acceptors (Lipinski definition) is 2. The van der Waals surface area contributed by atoms with Crippen LogP contribution in [0.2, 0.25) is 0 Å². The summed E-state index contributed by atoms with van der Waals surface area (Å²) >= 11 is 0. The molecule has 0 spiro atoms. The molecule has 1 aliphatic carbocycles. The first-order valence-electron chi connectivity index (χ1n) is 3.64. The second kappa shape index (κ2) is 3.29. The predicted octanol–water partition coefficient (Wildman–Crippen LogP) is 0.884. The van der Waals surface area contributed by atoms with Gasteiger partial charge in [0.05, 0.1) is 0 Å². The number of ether oxygens (including phenoxy) is 1. The molecule has 2 atom stereocenters. The summed E-state index contributed by atoms with van der Waals surface area (Å²) in [6.45, 7) is 0. The highest BCUT2D eigenvalue weighted by Crippen LogP contribution is 2.26. The largest absolute Gasteiger partial charge is 0.446 e. The Morgan fingerprint density at radius 3 is 2.82 bits per heavy atom. The fraction of sp³-hybridized carbons (Fsp3) is 0.625. The molecule has 3 heteroatoms. The maximum absolute atomic E-state index is 10.3. The Labute approximate surface area is 65.9 Å². The van der Waals surface area contributed by atoms with Crippen LogP contribution in [0.1, 0.15) is 19.3 Å². The molecule has 0 heterocycles. The zero-order valence-corrected chi connectivity index (χ0v) is 6.25. The molecule has 0 aliphatic heterocycles. The van der Waals surface area contributed by atoms with Crippen molar-refractivity contribution >= 4 is 6.09 Å². The molecule has 2 N–H and O–H groups in total. The van der Waals surface area contributed by atoms with Crippen LogP contribution >= 0.6 is 0 Å². The van der Waals surface area contributed by atoms with Gasteiger partial charge in [0, 0.05) is 5.92 Å². The van der Waals surface area contributed by atoms with E-state index in [9.17, 15) is 4.79 Å². The Morgan fingerprint density at radius 1 is 1.64 bits per heavy atom. The molecule has 0 aromatic carbocycles. The predicted molar refractivity (Wildman–Crippen MR) is 40.6 cm³/mol. The van der Waals surface area contributed by atoms with Crippen molar-refractivity contribution in [3.63, 3.8) is 0 Å². The van der Waals surface area contributed by atoms with E-state index in [2.05, 4.69) is 5.92 Å². The van der Waals surface area contributed by atoms with Crippen LogP contribution in [0.5, 0.6) is 0 Å². The Bertz CT molecular complexity index is 195. The van der Waals surface area contributed by atoms with Gasteiger partial charge in [-0.25, -0.2) is 4.79 Å². The molecule has 60 valence electrons. The van der Waals surface area contributed by atoms with E-state index in [-0.39, 0.29) is 12.0 Å². The number of carbonyl (C=O) groups is 1. The molecule has 0 aromatic heterocycles. The van der Waals surface area contributed by atoms with Crippen LogP contribution in [0.3, 0.4) is 0 Å². The van der Waals surface area contributed by atoms with Gasteiger partial charge in [-0.05, 0) is 19.3 Å². The van der Waals surface area contributed by atoms with E-state index in [4.69, 9.17) is 16.9 Å². The van der Waals surface area contributed by atoms with Gasteiger partial charge in [0.25, 0.3) is 0 Å². The normalized spacial score (nSPS) is 29.4. The highest BCUT2D eigenvalue weighted by molar-refractivity contribution is 5.64. The highest BCUT2D eigenvalue weighted by Gasteiger charge is 2.25. The quantitative estimate of drug-likeness (QED) is 0.568. The lowest BCUT2D eigenvalue weighted by molar-refractivity contribution is 0.109. The lowest BCUT2D eigenvalue weighted by Crippen LogP contribution is -2.20. The fourth-order valence-electron chi connectivity index (χ4n) is 1.36. The molecule has 0 saturated heterocycles. The van der Waals surface area contributed by atoms with Crippen molar-refractivity contribution in [2.45, 2.75) is 25.4 Å². The zero-order chi connectivity index (χ0) is 8.27. The van der Waals surface area contributed by atoms with Crippen LogP contribution in [0.15, 0.2) is 0 Å². The molecular formula is C8H11NO2. The average molecular weight is 153 g/mol. The van der Waals surface area contributed by atoms with E-state index in [1.165, 1.54) is 0 Å². The van der Waals surface area contributed by atoms with Crippen molar-refractivity contribution < 1.29 is 9.53 Å². The number of primary amides is 1. The summed E-state index contributed by atoms with van der Waals surface area (Å²) in [5.74, 6) is 2.90. The molecule has 0 unspecified atom stereocenters. The second-order valence-electron chi connectivity index (χ2n) is 2.74. The molecule has 3 nitrogen and oxygen atoms in total. The number of amides is 1. The summed E-state index contributed by atoms with van der Waals surface area (Å²) in [7, 11) is 0. The van der Waals surface area contributed by atoms with E-state index >= 15 is 0 Å². The number of hydrogen-bond donors (Lipinski definition) is 1. The molecule has 1 rings (SSSR count). The summed E-state index contributed by atoms with van der Waals surface area (Å²) in [6, 6.07) is 0. The monoisotopic (exact) mass is 153 g/mol. The molecule has 11 heavy (non-hydrogen) atoms. The summed E-state index contributed by atoms with van der Waals surface area (Å²) in [5, 5.41) is 0. The minimum absolute atomic E-state index is 0.0476. The SMILES string of the molecule is C#C[C@@H]1CC[C@H](OC(N)=O)C1. The Kier molecular flexibility index (Phi) is 2.37. The van der Waals surface area contributed by atoms with E-state index in [0.29, 0.717) is 0 Å². The van der Waals surface area contributed by atoms with Gasteiger partial charge in [-0.1, -0.05) is 0 Å². The number of terminal acetylenes is 1. The van der Waals surface area contributed by atoms with Crippen molar-refractivity contribution in [2.24, 2.45) is 11.7 Å². The van der Waals surface area contributed by atoms with E-state index in [1.54, 1.807) is 0 Å². The van der Waals surface area contributed by atoms with Crippen molar-refractivity contribution in [2.75, 3.05) is 0 Å². The summed E-state index contributed by atoms with van der Waals surface area (Å²) in [5.41, 5.74) is 4.85.